The molecule has 2 rings (SSSR count). The summed E-state index contributed by atoms with van der Waals surface area (Å²) in [6.45, 7) is 3.83. The van der Waals surface area contributed by atoms with E-state index in [2.05, 4.69) is 10.4 Å². The van der Waals surface area contributed by atoms with Crippen molar-refractivity contribution in [2.24, 2.45) is 0 Å². The highest BCUT2D eigenvalue weighted by molar-refractivity contribution is 6.35. The molecule has 0 aliphatic rings. The quantitative estimate of drug-likeness (QED) is 0.602. The topological polar surface area (TPSA) is 73.2 Å². The van der Waals surface area contributed by atoms with Crippen LogP contribution in [0.5, 0.6) is 0 Å². The molecule has 1 amide bonds. The predicted octanol–water partition coefficient (Wildman–Crippen LogP) is 3.16. The van der Waals surface area contributed by atoms with E-state index >= 15 is 0 Å². The fraction of sp³-hybridized carbons (Fsp3) is 0.278. The first kappa shape index (κ1) is 20.0. The van der Waals surface area contributed by atoms with E-state index in [1.807, 2.05) is 13.8 Å². The molecular weight excluding hydrogens is 377 g/mol. The van der Waals surface area contributed by atoms with Gasteiger partial charge in [-0.25, -0.2) is 4.79 Å². The minimum atomic E-state index is -0.603. The third kappa shape index (κ3) is 4.86. The lowest BCUT2D eigenvalue weighted by Crippen LogP contribution is -2.24. The summed E-state index contributed by atoms with van der Waals surface area (Å²) in [5.41, 5.74) is 3.18. The first-order valence-electron chi connectivity index (χ1n) is 7.85. The summed E-state index contributed by atoms with van der Waals surface area (Å²) in [4.78, 5) is 22.8. The maximum atomic E-state index is 11.7. The van der Waals surface area contributed by atoms with Crippen molar-refractivity contribution in [3.05, 3.63) is 56.8 Å². The Bertz CT molecular complexity index is 839. The molecule has 1 aromatic heterocycles. The second-order valence-corrected chi connectivity index (χ2v) is 6.37. The Labute approximate surface area is 161 Å². The van der Waals surface area contributed by atoms with Crippen LogP contribution < -0.4 is 5.32 Å². The molecule has 6 nitrogen and oxygen atoms in total. The molecule has 0 spiro atoms. The lowest BCUT2D eigenvalue weighted by molar-refractivity contribution is -0.143. The number of halogens is 2. The number of nitrogens with zero attached hydrogens (tertiary/aromatic N) is 2. The highest BCUT2D eigenvalue weighted by Crippen LogP contribution is 2.26. The fourth-order valence-corrected chi connectivity index (χ4v) is 2.86. The molecule has 26 heavy (non-hydrogen) atoms. The van der Waals surface area contributed by atoms with Crippen LogP contribution >= 0.6 is 23.2 Å². The van der Waals surface area contributed by atoms with Gasteiger partial charge in [-0.1, -0.05) is 29.3 Å². The lowest BCUT2D eigenvalue weighted by Gasteiger charge is -2.09. The van der Waals surface area contributed by atoms with Gasteiger partial charge in [0.1, 0.15) is 0 Å². The van der Waals surface area contributed by atoms with Crippen LogP contribution in [0.4, 0.5) is 0 Å². The van der Waals surface area contributed by atoms with Crippen molar-refractivity contribution < 1.29 is 14.3 Å². The van der Waals surface area contributed by atoms with E-state index in [0.29, 0.717) is 16.6 Å². The molecule has 8 heteroatoms. The van der Waals surface area contributed by atoms with Gasteiger partial charge in [-0.2, -0.15) is 5.10 Å². The van der Waals surface area contributed by atoms with E-state index in [1.165, 1.54) is 13.1 Å². The zero-order chi connectivity index (χ0) is 19.3. The third-order valence-electron chi connectivity index (χ3n) is 3.82. The van der Waals surface area contributed by atoms with Gasteiger partial charge in [-0.3, -0.25) is 9.48 Å². The summed E-state index contributed by atoms with van der Waals surface area (Å²) in [5, 5.41) is 8.00. The van der Waals surface area contributed by atoms with Crippen LogP contribution in [-0.4, -0.2) is 35.3 Å². The number of hydrogen-bond acceptors (Lipinski definition) is 4. The summed E-state index contributed by atoms with van der Waals surface area (Å²) in [5.74, 6) is -0.974. The van der Waals surface area contributed by atoms with Crippen LogP contribution in [-0.2, 0) is 20.9 Å². The predicted molar refractivity (Wildman–Crippen MR) is 101 cm³/mol. The standard InChI is InChI=1S/C18H19Cl2N3O3/c1-11-13(7-8-18(25)26-10-17(24)21-3)12(2)23(22-11)9-14-15(19)5-4-6-16(14)20/h4-8H,9-10H2,1-3H3,(H,21,24)/b8-7+. The Hall–Kier alpha value is -2.31. The average molecular weight is 396 g/mol. The second-order valence-electron chi connectivity index (χ2n) is 5.56. The highest BCUT2D eigenvalue weighted by Gasteiger charge is 2.13. The van der Waals surface area contributed by atoms with Gasteiger partial charge >= 0.3 is 5.97 Å². The van der Waals surface area contributed by atoms with Gasteiger partial charge in [0.15, 0.2) is 6.61 Å². The van der Waals surface area contributed by atoms with Crippen molar-refractivity contribution >= 4 is 41.2 Å². The molecule has 1 N–H and O–H groups in total. The van der Waals surface area contributed by atoms with Crippen LogP contribution in [0, 0.1) is 13.8 Å². The summed E-state index contributed by atoms with van der Waals surface area (Å²) >= 11 is 12.4. The van der Waals surface area contributed by atoms with Gasteiger partial charge in [0, 0.05) is 40.0 Å². The normalized spacial score (nSPS) is 11.0. The number of carbonyl (C=O) groups is 2. The molecule has 0 atom stereocenters. The lowest BCUT2D eigenvalue weighted by atomic mass is 10.1. The Morgan fingerprint density at radius 1 is 1.27 bits per heavy atom. The number of benzene rings is 1. The Balaban J connectivity index is 2.16. The minimum absolute atomic E-state index is 0.318. The number of aryl methyl sites for hydroxylation is 1. The van der Waals surface area contributed by atoms with Crippen LogP contribution in [0.25, 0.3) is 6.08 Å². The highest BCUT2D eigenvalue weighted by atomic mass is 35.5. The number of esters is 1. The maximum Gasteiger partial charge on any atom is 0.331 e. The molecule has 0 aliphatic heterocycles. The first-order chi connectivity index (χ1) is 12.3. The van der Waals surface area contributed by atoms with Crippen molar-refractivity contribution in [2.75, 3.05) is 13.7 Å². The van der Waals surface area contributed by atoms with E-state index in [4.69, 9.17) is 27.9 Å². The molecule has 138 valence electrons. The Morgan fingerprint density at radius 3 is 2.54 bits per heavy atom. The van der Waals surface area contributed by atoms with Crippen molar-refractivity contribution in [3.63, 3.8) is 0 Å². The van der Waals surface area contributed by atoms with Gasteiger partial charge in [0.2, 0.25) is 0 Å². The van der Waals surface area contributed by atoms with Crippen LogP contribution in [0.3, 0.4) is 0 Å². The number of amides is 1. The van der Waals surface area contributed by atoms with Crippen LogP contribution in [0.1, 0.15) is 22.5 Å². The molecule has 1 heterocycles. The monoisotopic (exact) mass is 395 g/mol. The largest absolute Gasteiger partial charge is 0.452 e. The Kier molecular flexibility index (Phi) is 6.83. The van der Waals surface area contributed by atoms with E-state index in [9.17, 15) is 9.59 Å². The SMILES string of the molecule is CNC(=O)COC(=O)/C=C/c1c(C)nn(Cc2c(Cl)cccc2Cl)c1C. The number of likely N-dealkylation sites (N-methyl/N-ethyl adjacent to an activating group) is 1. The maximum absolute atomic E-state index is 11.7. The molecule has 2 aromatic rings. The zero-order valence-electron chi connectivity index (χ0n) is 14.7. The fourth-order valence-electron chi connectivity index (χ4n) is 2.35. The van der Waals surface area contributed by atoms with E-state index in [1.54, 1.807) is 29.0 Å². The van der Waals surface area contributed by atoms with Crippen molar-refractivity contribution in [3.8, 4) is 0 Å². The molecule has 0 radical (unpaired) electrons. The average Bonchev–Trinajstić information content (AvgIpc) is 2.87. The van der Waals surface area contributed by atoms with E-state index in [0.717, 1.165) is 22.5 Å². The smallest absolute Gasteiger partial charge is 0.331 e. The number of carbonyl (C=O) groups excluding carboxylic acids is 2. The molecule has 0 fully saturated rings. The van der Waals surface area contributed by atoms with Gasteiger partial charge in [0.25, 0.3) is 5.91 Å². The first-order valence-corrected chi connectivity index (χ1v) is 8.61. The summed E-state index contributed by atoms with van der Waals surface area (Å²) < 4.78 is 6.61. The van der Waals surface area contributed by atoms with Crippen molar-refractivity contribution in [1.29, 1.82) is 0 Å². The minimum Gasteiger partial charge on any atom is -0.452 e. The molecule has 0 aliphatic carbocycles. The third-order valence-corrected chi connectivity index (χ3v) is 4.53. The number of hydrogen-bond donors (Lipinski definition) is 1. The molecule has 0 saturated heterocycles. The van der Waals surface area contributed by atoms with Gasteiger partial charge in [-0.05, 0) is 32.1 Å². The summed E-state index contributed by atoms with van der Waals surface area (Å²) in [7, 11) is 1.47. The summed E-state index contributed by atoms with van der Waals surface area (Å²) in [6.07, 6.45) is 2.89. The van der Waals surface area contributed by atoms with Crippen molar-refractivity contribution in [1.82, 2.24) is 15.1 Å². The van der Waals surface area contributed by atoms with Gasteiger partial charge in [0.05, 0.1) is 12.2 Å². The molecule has 0 unspecified atom stereocenters. The van der Waals surface area contributed by atoms with Crippen molar-refractivity contribution in [2.45, 2.75) is 20.4 Å². The van der Waals surface area contributed by atoms with Gasteiger partial charge in [-0.15, -0.1) is 0 Å². The van der Waals surface area contributed by atoms with E-state index in [-0.39, 0.29) is 12.5 Å². The van der Waals surface area contributed by atoms with Crippen LogP contribution in [0.2, 0.25) is 10.0 Å². The van der Waals surface area contributed by atoms with E-state index < -0.39 is 5.97 Å². The number of aromatic nitrogens is 2. The Morgan fingerprint density at radius 2 is 1.92 bits per heavy atom. The van der Waals surface area contributed by atoms with Crippen LogP contribution in [0.15, 0.2) is 24.3 Å². The second kappa shape index (κ2) is 8.87. The van der Waals surface area contributed by atoms with Gasteiger partial charge < -0.3 is 10.1 Å². The number of rotatable bonds is 6. The number of ether oxygens (including phenoxy) is 1. The summed E-state index contributed by atoms with van der Waals surface area (Å²) in [6, 6.07) is 5.34. The molecule has 0 saturated carbocycles. The molecule has 1 aromatic carbocycles. The molecular formula is C18H19Cl2N3O3. The zero-order valence-corrected chi connectivity index (χ0v) is 16.2. The molecule has 0 bridgehead atoms. The number of nitrogens with one attached hydrogen (secondary N) is 1.